The minimum Gasteiger partial charge on any atom is -0.323 e. The Bertz CT molecular complexity index is 858. The summed E-state index contributed by atoms with van der Waals surface area (Å²) >= 11 is 11.8. The molecule has 0 heterocycles. The molecule has 0 radical (unpaired) electrons. The zero-order valence-corrected chi connectivity index (χ0v) is 14.7. The summed E-state index contributed by atoms with van der Waals surface area (Å²) in [6.07, 6.45) is 0. The second-order valence-electron chi connectivity index (χ2n) is 4.91. The Morgan fingerprint density at radius 1 is 1.12 bits per heavy atom. The van der Waals surface area contributed by atoms with E-state index in [4.69, 9.17) is 23.2 Å². The number of nitrogens with one attached hydrogen (secondary N) is 2. The van der Waals surface area contributed by atoms with Crippen molar-refractivity contribution in [2.45, 2.75) is 17.9 Å². The van der Waals surface area contributed by atoms with Gasteiger partial charge in [-0.1, -0.05) is 23.2 Å². The molecule has 0 spiro atoms. The van der Waals surface area contributed by atoms with E-state index in [2.05, 4.69) is 10.0 Å². The lowest BCUT2D eigenvalue weighted by Gasteiger charge is -2.15. The van der Waals surface area contributed by atoms with Gasteiger partial charge in [-0.05, 0) is 49.4 Å². The second kappa shape index (κ2) is 7.48. The van der Waals surface area contributed by atoms with Gasteiger partial charge in [0, 0.05) is 5.02 Å². The average molecular weight is 391 g/mol. The fourth-order valence-electron chi connectivity index (χ4n) is 1.80. The third-order valence-electron chi connectivity index (χ3n) is 3.04. The molecule has 0 saturated carbocycles. The Morgan fingerprint density at radius 3 is 2.38 bits per heavy atom. The van der Waals surface area contributed by atoms with Crippen LogP contribution in [0, 0.1) is 5.82 Å². The third kappa shape index (κ3) is 4.67. The van der Waals surface area contributed by atoms with Crippen LogP contribution in [0.25, 0.3) is 0 Å². The number of anilines is 1. The van der Waals surface area contributed by atoms with E-state index in [9.17, 15) is 17.6 Å². The molecule has 0 aromatic heterocycles. The predicted octanol–water partition coefficient (Wildman–Crippen LogP) is 3.44. The van der Waals surface area contributed by atoms with Gasteiger partial charge in [0.15, 0.2) is 0 Å². The monoisotopic (exact) mass is 390 g/mol. The minimum absolute atomic E-state index is 0.149. The molecule has 0 saturated heterocycles. The summed E-state index contributed by atoms with van der Waals surface area (Å²) in [7, 11) is -3.97. The molecule has 2 aromatic rings. The lowest BCUT2D eigenvalue weighted by molar-refractivity contribution is -0.117. The molecule has 0 bridgehead atoms. The summed E-state index contributed by atoms with van der Waals surface area (Å²) in [6.45, 7) is 1.37. The fraction of sp³-hybridized carbons (Fsp3) is 0.133. The highest BCUT2D eigenvalue weighted by atomic mass is 35.5. The Morgan fingerprint density at radius 2 is 1.75 bits per heavy atom. The van der Waals surface area contributed by atoms with Crippen molar-refractivity contribution in [2.75, 3.05) is 5.32 Å². The van der Waals surface area contributed by atoms with Crippen molar-refractivity contribution in [3.8, 4) is 0 Å². The van der Waals surface area contributed by atoms with Crippen LogP contribution < -0.4 is 10.0 Å². The summed E-state index contributed by atoms with van der Waals surface area (Å²) in [4.78, 5) is 12.0. The first kappa shape index (κ1) is 18.7. The predicted molar refractivity (Wildman–Crippen MR) is 91.3 cm³/mol. The van der Waals surface area contributed by atoms with Crippen molar-refractivity contribution < 1.29 is 17.6 Å². The molecule has 9 heteroatoms. The maximum absolute atomic E-state index is 12.9. The molecule has 0 aliphatic heterocycles. The first-order valence-electron chi connectivity index (χ1n) is 6.73. The van der Waals surface area contributed by atoms with E-state index in [0.29, 0.717) is 5.02 Å². The van der Waals surface area contributed by atoms with E-state index >= 15 is 0 Å². The van der Waals surface area contributed by atoms with Crippen LogP contribution in [0.5, 0.6) is 0 Å². The first-order valence-corrected chi connectivity index (χ1v) is 8.97. The average Bonchev–Trinajstić information content (AvgIpc) is 2.51. The van der Waals surface area contributed by atoms with Crippen LogP contribution in [0.1, 0.15) is 6.92 Å². The molecule has 0 aliphatic carbocycles. The molecule has 128 valence electrons. The van der Waals surface area contributed by atoms with Crippen molar-refractivity contribution >= 4 is 44.8 Å². The van der Waals surface area contributed by atoms with Crippen LogP contribution in [0.3, 0.4) is 0 Å². The molecule has 1 amide bonds. The summed E-state index contributed by atoms with van der Waals surface area (Å²) in [5.41, 5.74) is 0.266. The summed E-state index contributed by atoms with van der Waals surface area (Å²) in [6, 6.07) is 7.67. The number of amides is 1. The highest BCUT2D eigenvalue weighted by Crippen LogP contribution is 2.25. The van der Waals surface area contributed by atoms with Gasteiger partial charge in [-0.2, -0.15) is 4.72 Å². The fourth-order valence-corrected chi connectivity index (χ4v) is 3.34. The molecule has 0 fully saturated rings. The van der Waals surface area contributed by atoms with E-state index in [1.165, 1.54) is 19.1 Å². The number of carbonyl (C=O) groups is 1. The van der Waals surface area contributed by atoms with Crippen LogP contribution in [-0.4, -0.2) is 20.4 Å². The molecule has 5 nitrogen and oxygen atoms in total. The Labute approximate surface area is 148 Å². The third-order valence-corrected chi connectivity index (χ3v) is 5.16. The number of rotatable bonds is 5. The van der Waals surface area contributed by atoms with Crippen LogP contribution in [-0.2, 0) is 14.8 Å². The summed E-state index contributed by atoms with van der Waals surface area (Å²) < 4.78 is 39.4. The van der Waals surface area contributed by atoms with Crippen LogP contribution in [0.4, 0.5) is 10.1 Å². The highest BCUT2D eigenvalue weighted by Gasteiger charge is 2.22. The van der Waals surface area contributed by atoms with Gasteiger partial charge in [0.2, 0.25) is 15.9 Å². The van der Waals surface area contributed by atoms with Gasteiger partial charge in [-0.15, -0.1) is 0 Å². The van der Waals surface area contributed by atoms with Gasteiger partial charge in [0.25, 0.3) is 0 Å². The Hall–Kier alpha value is -1.67. The minimum atomic E-state index is -3.97. The molecule has 2 aromatic carbocycles. The Kier molecular flexibility index (Phi) is 5.82. The highest BCUT2D eigenvalue weighted by molar-refractivity contribution is 7.89. The standard InChI is InChI=1S/C15H13Cl2FN2O3S/c1-9(15(21)19-14-8-10(16)2-7-13(14)17)20-24(22,23)12-5-3-11(18)4-6-12/h2-9,20H,1H3,(H,19,21)/t9-/m0/s1. The number of sulfonamides is 1. The van der Waals surface area contributed by atoms with Gasteiger partial charge in [0.05, 0.1) is 21.6 Å². The molecule has 2 rings (SSSR count). The zero-order valence-electron chi connectivity index (χ0n) is 12.4. The lowest BCUT2D eigenvalue weighted by Crippen LogP contribution is -2.41. The van der Waals surface area contributed by atoms with Crippen molar-refractivity contribution in [1.82, 2.24) is 4.72 Å². The number of benzene rings is 2. The van der Waals surface area contributed by atoms with Crippen molar-refractivity contribution in [3.05, 3.63) is 58.3 Å². The SMILES string of the molecule is C[C@H](NS(=O)(=O)c1ccc(F)cc1)C(=O)Nc1cc(Cl)ccc1Cl. The number of halogens is 3. The van der Waals surface area contributed by atoms with E-state index < -0.39 is 27.8 Å². The number of hydrogen-bond acceptors (Lipinski definition) is 3. The molecular formula is C15H13Cl2FN2O3S. The van der Waals surface area contributed by atoms with E-state index in [0.717, 1.165) is 24.3 Å². The topological polar surface area (TPSA) is 75.3 Å². The number of hydrogen-bond donors (Lipinski definition) is 2. The van der Waals surface area contributed by atoms with Crippen molar-refractivity contribution in [1.29, 1.82) is 0 Å². The maximum atomic E-state index is 12.9. The van der Waals surface area contributed by atoms with Gasteiger partial charge in [-0.3, -0.25) is 4.79 Å². The van der Waals surface area contributed by atoms with Gasteiger partial charge in [0.1, 0.15) is 5.82 Å². The van der Waals surface area contributed by atoms with Gasteiger partial charge < -0.3 is 5.32 Å². The van der Waals surface area contributed by atoms with Gasteiger partial charge >= 0.3 is 0 Å². The number of carbonyl (C=O) groups excluding carboxylic acids is 1. The molecular weight excluding hydrogens is 378 g/mol. The molecule has 0 aliphatic rings. The first-order chi connectivity index (χ1) is 11.2. The molecule has 0 unspecified atom stereocenters. The lowest BCUT2D eigenvalue weighted by atomic mass is 10.3. The van der Waals surface area contributed by atoms with Gasteiger partial charge in [-0.25, -0.2) is 12.8 Å². The van der Waals surface area contributed by atoms with E-state index in [1.807, 2.05) is 0 Å². The molecule has 1 atom stereocenters. The van der Waals surface area contributed by atoms with Crippen LogP contribution >= 0.6 is 23.2 Å². The van der Waals surface area contributed by atoms with Crippen molar-refractivity contribution in [2.24, 2.45) is 0 Å². The normalized spacial score (nSPS) is 12.7. The van der Waals surface area contributed by atoms with Crippen LogP contribution in [0.2, 0.25) is 10.0 Å². The second-order valence-corrected chi connectivity index (χ2v) is 7.47. The zero-order chi connectivity index (χ0) is 17.9. The quantitative estimate of drug-likeness (QED) is 0.820. The van der Waals surface area contributed by atoms with E-state index in [1.54, 1.807) is 6.07 Å². The molecule has 2 N–H and O–H groups in total. The maximum Gasteiger partial charge on any atom is 0.242 e. The summed E-state index contributed by atoms with van der Waals surface area (Å²) in [5, 5.41) is 3.13. The van der Waals surface area contributed by atoms with Crippen LogP contribution in [0.15, 0.2) is 47.4 Å². The van der Waals surface area contributed by atoms with Crippen molar-refractivity contribution in [3.63, 3.8) is 0 Å². The summed E-state index contributed by atoms with van der Waals surface area (Å²) in [5.74, 6) is -1.18. The largest absolute Gasteiger partial charge is 0.323 e. The smallest absolute Gasteiger partial charge is 0.242 e. The Balaban J connectivity index is 2.10. The van der Waals surface area contributed by atoms with E-state index in [-0.39, 0.29) is 15.6 Å². The molecule has 24 heavy (non-hydrogen) atoms.